The highest BCUT2D eigenvalue weighted by molar-refractivity contribution is 7.86. The highest BCUT2D eigenvalue weighted by Crippen LogP contribution is 2.26. The Morgan fingerprint density at radius 1 is 1.11 bits per heavy atom. The molecule has 104 valence electrons. The van der Waals surface area contributed by atoms with Crippen LogP contribution in [0.15, 0.2) is 29.2 Å². The number of hydrogen-bond donors (Lipinski definition) is 0. The Hall–Kier alpha value is -0.960. The van der Waals surface area contributed by atoms with E-state index in [0.717, 1.165) is 24.2 Å². The number of carbonyl (C=O) groups excluding carboxylic acids is 1. The Morgan fingerprint density at radius 3 is 2.26 bits per heavy atom. The van der Waals surface area contributed by atoms with Crippen molar-refractivity contribution in [3.05, 3.63) is 29.8 Å². The second kappa shape index (κ2) is 5.58. The first-order valence-corrected chi connectivity index (χ1v) is 8.15. The van der Waals surface area contributed by atoms with Gasteiger partial charge in [-0.05, 0) is 36.0 Å². The number of rotatable bonds is 2. The molecule has 2 nitrogen and oxygen atoms in total. The van der Waals surface area contributed by atoms with E-state index in [1.165, 1.54) is 5.56 Å². The average molecular weight is 278 g/mol. The minimum absolute atomic E-state index is 0.0979. The van der Waals surface area contributed by atoms with Gasteiger partial charge in [-0.3, -0.25) is 9.00 Å². The molecule has 1 saturated carbocycles. The van der Waals surface area contributed by atoms with Crippen molar-refractivity contribution in [2.24, 2.45) is 0 Å². The number of ketones is 1. The van der Waals surface area contributed by atoms with Crippen molar-refractivity contribution in [1.29, 1.82) is 0 Å². The van der Waals surface area contributed by atoms with Gasteiger partial charge in [0.1, 0.15) is 5.78 Å². The van der Waals surface area contributed by atoms with Gasteiger partial charge in [0.15, 0.2) is 0 Å². The highest BCUT2D eigenvalue weighted by Gasteiger charge is 2.28. The van der Waals surface area contributed by atoms with Crippen molar-refractivity contribution < 1.29 is 9.00 Å². The zero-order valence-corrected chi connectivity index (χ0v) is 12.8. The molecule has 0 aromatic heterocycles. The molecule has 1 aliphatic rings. The molecule has 0 aliphatic heterocycles. The predicted molar refractivity (Wildman–Crippen MR) is 78.8 cm³/mol. The Balaban J connectivity index is 2.18. The molecule has 1 aliphatic carbocycles. The third-order valence-electron chi connectivity index (χ3n) is 3.71. The van der Waals surface area contributed by atoms with Gasteiger partial charge in [0, 0.05) is 11.3 Å². The van der Waals surface area contributed by atoms with E-state index in [-0.39, 0.29) is 16.4 Å². The summed E-state index contributed by atoms with van der Waals surface area (Å²) >= 11 is 0. The van der Waals surface area contributed by atoms with Crippen molar-refractivity contribution >= 4 is 16.6 Å². The van der Waals surface area contributed by atoms with Crippen molar-refractivity contribution in [1.82, 2.24) is 0 Å². The molecular formula is C16H22O2S. The number of carbonyl (C=O) groups is 1. The third kappa shape index (κ3) is 3.33. The van der Waals surface area contributed by atoms with E-state index in [9.17, 15) is 9.00 Å². The molecule has 3 heteroatoms. The van der Waals surface area contributed by atoms with Crippen LogP contribution in [0.2, 0.25) is 0 Å². The van der Waals surface area contributed by atoms with Crippen LogP contribution in [0.3, 0.4) is 0 Å². The van der Waals surface area contributed by atoms with Gasteiger partial charge < -0.3 is 0 Å². The minimum Gasteiger partial charge on any atom is -0.298 e. The third-order valence-corrected chi connectivity index (χ3v) is 5.46. The first-order valence-electron chi connectivity index (χ1n) is 6.93. The summed E-state index contributed by atoms with van der Waals surface area (Å²) in [5, 5.41) is -0.283. The first kappa shape index (κ1) is 14.4. The second-order valence-corrected chi connectivity index (χ2v) is 7.91. The standard InChI is InChI=1S/C16H22O2S/c1-16(2,3)12-8-10-13(11-9-12)19(18)15-7-5-4-6-14(15)17/h8-11,15H,4-7H2,1-3H3. The van der Waals surface area contributed by atoms with Crippen LogP contribution in [0.1, 0.15) is 52.0 Å². The lowest BCUT2D eigenvalue weighted by Gasteiger charge is -2.21. The maximum atomic E-state index is 12.5. The Labute approximate surface area is 118 Å². The van der Waals surface area contributed by atoms with E-state index >= 15 is 0 Å². The van der Waals surface area contributed by atoms with Crippen LogP contribution >= 0.6 is 0 Å². The van der Waals surface area contributed by atoms with Crippen molar-refractivity contribution in [3.63, 3.8) is 0 Å². The molecule has 0 N–H and O–H groups in total. The Morgan fingerprint density at radius 2 is 1.74 bits per heavy atom. The van der Waals surface area contributed by atoms with E-state index in [4.69, 9.17) is 0 Å². The summed E-state index contributed by atoms with van der Waals surface area (Å²) in [6, 6.07) is 7.89. The van der Waals surface area contributed by atoms with Crippen LogP contribution in [-0.2, 0) is 21.0 Å². The van der Waals surface area contributed by atoms with Crippen LogP contribution in [-0.4, -0.2) is 15.2 Å². The van der Waals surface area contributed by atoms with Crippen LogP contribution in [0.25, 0.3) is 0 Å². The quantitative estimate of drug-likeness (QED) is 0.828. The minimum atomic E-state index is -1.18. The normalized spacial score (nSPS) is 22.3. The first-order chi connectivity index (χ1) is 8.89. The average Bonchev–Trinajstić information content (AvgIpc) is 2.38. The number of hydrogen-bond acceptors (Lipinski definition) is 2. The summed E-state index contributed by atoms with van der Waals surface area (Å²) in [5.74, 6) is 0.171. The van der Waals surface area contributed by atoms with Crippen LogP contribution < -0.4 is 0 Å². The zero-order valence-electron chi connectivity index (χ0n) is 11.9. The molecule has 1 aromatic rings. The number of Topliss-reactive ketones (excluding diaryl/α,β-unsaturated/α-hetero) is 1. The van der Waals surface area contributed by atoms with E-state index < -0.39 is 10.8 Å². The lowest BCUT2D eigenvalue weighted by Crippen LogP contribution is -2.29. The fourth-order valence-corrected chi connectivity index (χ4v) is 3.90. The SMILES string of the molecule is CC(C)(C)c1ccc(S(=O)C2CCCCC2=O)cc1. The van der Waals surface area contributed by atoms with E-state index in [1.54, 1.807) is 0 Å². The Bertz CT molecular complexity index is 482. The molecule has 19 heavy (non-hydrogen) atoms. The van der Waals surface area contributed by atoms with E-state index in [1.807, 2.05) is 24.3 Å². The zero-order chi connectivity index (χ0) is 14.0. The van der Waals surface area contributed by atoms with Gasteiger partial charge in [-0.25, -0.2) is 0 Å². The van der Waals surface area contributed by atoms with Crippen LogP contribution in [0.5, 0.6) is 0 Å². The summed E-state index contributed by atoms with van der Waals surface area (Å²) in [6.07, 6.45) is 3.33. The van der Waals surface area contributed by atoms with Gasteiger partial charge in [0.25, 0.3) is 0 Å². The summed E-state index contributed by atoms with van der Waals surface area (Å²) in [7, 11) is -1.18. The predicted octanol–water partition coefficient (Wildman–Crippen LogP) is 3.60. The second-order valence-electron chi connectivity index (χ2n) is 6.27. The van der Waals surface area contributed by atoms with Crippen LogP contribution in [0, 0.1) is 0 Å². The van der Waals surface area contributed by atoms with E-state index in [0.29, 0.717) is 6.42 Å². The van der Waals surface area contributed by atoms with Gasteiger partial charge >= 0.3 is 0 Å². The molecule has 2 atom stereocenters. The lowest BCUT2D eigenvalue weighted by molar-refractivity contribution is -0.119. The summed E-state index contributed by atoms with van der Waals surface area (Å²) in [5.41, 5.74) is 1.32. The monoisotopic (exact) mass is 278 g/mol. The molecule has 0 heterocycles. The summed E-state index contributed by atoms with van der Waals surface area (Å²) in [6.45, 7) is 6.47. The fraction of sp³-hybridized carbons (Fsp3) is 0.562. The molecule has 0 bridgehead atoms. The van der Waals surface area contributed by atoms with Crippen molar-refractivity contribution in [2.75, 3.05) is 0 Å². The molecule has 1 fully saturated rings. The number of benzene rings is 1. The van der Waals surface area contributed by atoms with Gasteiger partial charge in [-0.1, -0.05) is 39.3 Å². The van der Waals surface area contributed by atoms with Gasteiger partial charge in [0.2, 0.25) is 0 Å². The highest BCUT2D eigenvalue weighted by atomic mass is 32.2. The maximum Gasteiger partial charge on any atom is 0.148 e. The molecule has 1 aromatic carbocycles. The molecule has 0 saturated heterocycles. The molecule has 0 amide bonds. The topological polar surface area (TPSA) is 34.1 Å². The Kier molecular flexibility index (Phi) is 4.24. The smallest absolute Gasteiger partial charge is 0.148 e. The van der Waals surface area contributed by atoms with Gasteiger partial charge in [0.05, 0.1) is 16.0 Å². The fourth-order valence-electron chi connectivity index (χ4n) is 2.43. The molecule has 0 radical (unpaired) electrons. The maximum absolute atomic E-state index is 12.5. The largest absolute Gasteiger partial charge is 0.298 e. The van der Waals surface area contributed by atoms with Crippen LogP contribution in [0.4, 0.5) is 0 Å². The van der Waals surface area contributed by atoms with Gasteiger partial charge in [-0.15, -0.1) is 0 Å². The molecule has 2 rings (SSSR count). The van der Waals surface area contributed by atoms with E-state index in [2.05, 4.69) is 20.8 Å². The molecule has 0 spiro atoms. The lowest BCUT2D eigenvalue weighted by atomic mass is 9.87. The van der Waals surface area contributed by atoms with Crippen molar-refractivity contribution in [3.8, 4) is 0 Å². The van der Waals surface area contributed by atoms with Crippen molar-refractivity contribution in [2.45, 2.75) is 62.0 Å². The summed E-state index contributed by atoms with van der Waals surface area (Å²) < 4.78 is 12.5. The summed E-state index contributed by atoms with van der Waals surface area (Å²) in [4.78, 5) is 12.6. The molecular weight excluding hydrogens is 256 g/mol. The van der Waals surface area contributed by atoms with Gasteiger partial charge in [-0.2, -0.15) is 0 Å². The molecule has 2 unspecified atom stereocenters.